The fourth-order valence-corrected chi connectivity index (χ4v) is 3.93. The Morgan fingerprint density at radius 1 is 1.19 bits per heavy atom. The van der Waals surface area contributed by atoms with E-state index >= 15 is 0 Å². The first kappa shape index (κ1) is 20.3. The van der Waals surface area contributed by atoms with E-state index in [0.717, 1.165) is 33.8 Å². The van der Waals surface area contributed by atoms with Crippen molar-refractivity contribution in [3.63, 3.8) is 0 Å². The van der Waals surface area contributed by atoms with Gasteiger partial charge in [-0.05, 0) is 49.6 Å². The fraction of sp³-hybridized carbons (Fsp3) is 0.167. The van der Waals surface area contributed by atoms with E-state index in [-0.39, 0.29) is 5.82 Å². The Hall–Kier alpha value is -4.00. The minimum atomic E-state index is 0.285. The average molecular weight is 412 g/mol. The number of pyridine rings is 1. The van der Waals surface area contributed by atoms with Crippen LogP contribution in [-0.4, -0.2) is 27.2 Å². The van der Waals surface area contributed by atoms with Crippen LogP contribution in [0, 0.1) is 19.3 Å². The topological polar surface area (TPSA) is 104 Å². The number of hydrogen-bond acceptors (Lipinski definition) is 7. The van der Waals surface area contributed by atoms with Gasteiger partial charge in [-0.2, -0.15) is 0 Å². The van der Waals surface area contributed by atoms with E-state index in [1.807, 2.05) is 12.3 Å². The molecule has 0 spiro atoms. The van der Waals surface area contributed by atoms with Gasteiger partial charge in [0.2, 0.25) is 0 Å². The van der Waals surface area contributed by atoms with Crippen LogP contribution in [0.25, 0.3) is 11.8 Å². The first-order valence-electron chi connectivity index (χ1n) is 9.98. The Morgan fingerprint density at radius 2 is 2.00 bits per heavy atom. The highest BCUT2D eigenvalue weighted by Crippen LogP contribution is 2.39. The van der Waals surface area contributed by atoms with Gasteiger partial charge in [0.15, 0.2) is 0 Å². The molecule has 0 saturated carbocycles. The quantitative estimate of drug-likeness (QED) is 0.538. The standard InChI is InChI=1S/C24H25N7/c1-14-8-9-27-12-20(14)31-17(4)21-15(2)6-5-7-18(21)10-19(31)11-28-24-22(16(3)25)23(26)29-13-30-24/h5-10,12-13,25H,4,11H2,1-3H3,(H3,26,28,29,30). The molecule has 0 radical (unpaired) electrons. The third kappa shape index (κ3) is 3.66. The van der Waals surface area contributed by atoms with Gasteiger partial charge in [-0.3, -0.25) is 4.98 Å². The molecule has 0 atom stereocenters. The van der Waals surface area contributed by atoms with Crippen molar-refractivity contribution in [3.8, 4) is 0 Å². The second kappa shape index (κ2) is 8.02. The van der Waals surface area contributed by atoms with Crippen LogP contribution in [0.2, 0.25) is 0 Å². The normalized spacial score (nSPS) is 12.9. The molecule has 0 bridgehead atoms. The van der Waals surface area contributed by atoms with Gasteiger partial charge in [-0.25, -0.2) is 9.97 Å². The summed E-state index contributed by atoms with van der Waals surface area (Å²) in [5, 5.41) is 11.4. The zero-order valence-corrected chi connectivity index (χ0v) is 17.9. The highest BCUT2D eigenvalue weighted by molar-refractivity contribution is 6.04. The van der Waals surface area contributed by atoms with Gasteiger partial charge in [0.1, 0.15) is 18.0 Å². The summed E-state index contributed by atoms with van der Waals surface area (Å²) in [5.74, 6) is 0.817. The Balaban J connectivity index is 1.79. The first-order chi connectivity index (χ1) is 14.9. The molecule has 7 nitrogen and oxygen atoms in total. The number of nitrogens with one attached hydrogen (secondary N) is 2. The van der Waals surface area contributed by atoms with Crippen LogP contribution in [0.1, 0.15) is 34.7 Å². The molecule has 0 fully saturated rings. The van der Waals surface area contributed by atoms with Gasteiger partial charge in [0.05, 0.1) is 24.0 Å². The van der Waals surface area contributed by atoms with Crippen LogP contribution < -0.4 is 16.0 Å². The third-order valence-corrected chi connectivity index (χ3v) is 5.41. The van der Waals surface area contributed by atoms with Crippen molar-refractivity contribution < 1.29 is 0 Å². The van der Waals surface area contributed by atoms with Crippen LogP contribution in [-0.2, 0) is 0 Å². The number of benzene rings is 1. The minimum absolute atomic E-state index is 0.285. The van der Waals surface area contributed by atoms with Gasteiger partial charge in [0.25, 0.3) is 0 Å². The van der Waals surface area contributed by atoms with Gasteiger partial charge in [0, 0.05) is 28.9 Å². The maximum Gasteiger partial charge on any atom is 0.140 e. The lowest BCUT2D eigenvalue weighted by atomic mass is 9.93. The molecule has 7 heteroatoms. The fourth-order valence-electron chi connectivity index (χ4n) is 3.93. The first-order valence-corrected chi connectivity index (χ1v) is 9.98. The zero-order chi connectivity index (χ0) is 22.1. The number of fused-ring (bicyclic) bond motifs is 1. The molecule has 3 heterocycles. The van der Waals surface area contributed by atoms with E-state index in [9.17, 15) is 0 Å². The number of aryl methyl sites for hydroxylation is 2. The summed E-state index contributed by atoms with van der Waals surface area (Å²) in [6.45, 7) is 10.7. The molecule has 0 aliphatic carbocycles. The van der Waals surface area contributed by atoms with E-state index in [0.29, 0.717) is 23.6 Å². The molecule has 0 unspecified atom stereocenters. The van der Waals surface area contributed by atoms with Crippen molar-refractivity contribution in [1.82, 2.24) is 15.0 Å². The number of anilines is 3. The second-order valence-corrected chi connectivity index (χ2v) is 7.58. The Bertz CT molecular complexity index is 1230. The van der Waals surface area contributed by atoms with Crippen molar-refractivity contribution in [2.45, 2.75) is 20.8 Å². The summed E-state index contributed by atoms with van der Waals surface area (Å²) in [6, 6.07) is 8.23. The lowest BCUT2D eigenvalue weighted by molar-refractivity contribution is 1.05. The number of nitrogens with zero attached hydrogens (tertiary/aromatic N) is 4. The predicted octanol–water partition coefficient (Wildman–Crippen LogP) is 4.40. The monoisotopic (exact) mass is 411 g/mol. The van der Waals surface area contributed by atoms with Gasteiger partial charge in [-0.15, -0.1) is 0 Å². The summed E-state index contributed by atoms with van der Waals surface area (Å²) >= 11 is 0. The van der Waals surface area contributed by atoms with Crippen LogP contribution in [0.5, 0.6) is 0 Å². The predicted molar refractivity (Wildman–Crippen MR) is 127 cm³/mol. The van der Waals surface area contributed by atoms with Gasteiger partial charge < -0.3 is 21.4 Å². The van der Waals surface area contributed by atoms with E-state index in [1.54, 1.807) is 13.1 Å². The summed E-state index contributed by atoms with van der Waals surface area (Å²) in [7, 11) is 0. The maximum atomic E-state index is 8.05. The number of rotatable bonds is 5. The molecule has 156 valence electrons. The molecule has 31 heavy (non-hydrogen) atoms. The van der Waals surface area contributed by atoms with Crippen molar-refractivity contribution in [2.75, 3.05) is 22.5 Å². The summed E-state index contributed by atoms with van der Waals surface area (Å²) in [5.41, 5.74) is 14.2. The molecule has 1 aromatic carbocycles. The maximum absolute atomic E-state index is 8.05. The van der Waals surface area contributed by atoms with Crippen molar-refractivity contribution >= 4 is 34.8 Å². The molecule has 0 amide bonds. The zero-order valence-electron chi connectivity index (χ0n) is 17.9. The third-order valence-electron chi connectivity index (χ3n) is 5.41. The smallest absolute Gasteiger partial charge is 0.140 e. The lowest BCUT2D eigenvalue weighted by Gasteiger charge is -2.35. The largest absolute Gasteiger partial charge is 0.383 e. The van der Waals surface area contributed by atoms with E-state index in [2.05, 4.69) is 69.9 Å². The van der Waals surface area contributed by atoms with Crippen molar-refractivity contribution in [2.24, 2.45) is 0 Å². The minimum Gasteiger partial charge on any atom is -0.383 e. The van der Waals surface area contributed by atoms with E-state index in [4.69, 9.17) is 11.1 Å². The molecular weight excluding hydrogens is 386 g/mol. The average Bonchev–Trinajstić information content (AvgIpc) is 2.73. The lowest BCUT2D eigenvalue weighted by Crippen LogP contribution is -2.29. The number of nitrogen functional groups attached to an aromatic ring is 1. The van der Waals surface area contributed by atoms with Crippen LogP contribution in [0.3, 0.4) is 0 Å². The molecule has 1 aliphatic rings. The molecule has 1 aliphatic heterocycles. The van der Waals surface area contributed by atoms with Gasteiger partial charge in [-0.1, -0.05) is 24.8 Å². The SMILES string of the molecule is C=C1c2c(C)cccc2C=C(CNc2ncnc(N)c2C(C)=N)N1c1cnccc1C. The molecule has 4 N–H and O–H groups in total. The summed E-state index contributed by atoms with van der Waals surface area (Å²) in [4.78, 5) is 14.8. The molecule has 3 aromatic rings. The Morgan fingerprint density at radius 3 is 2.74 bits per heavy atom. The van der Waals surface area contributed by atoms with E-state index < -0.39 is 0 Å². The van der Waals surface area contributed by atoms with Crippen molar-refractivity contribution in [3.05, 3.63) is 83.1 Å². The summed E-state index contributed by atoms with van der Waals surface area (Å²) in [6.07, 6.45) is 7.19. The molecule has 0 saturated heterocycles. The number of hydrogen-bond donors (Lipinski definition) is 3. The van der Waals surface area contributed by atoms with E-state index in [1.165, 1.54) is 11.9 Å². The van der Waals surface area contributed by atoms with Crippen LogP contribution >= 0.6 is 0 Å². The molecule has 2 aromatic heterocycles. The van der Waals surface area contributed by atoms with Gasteiger partial charge >= 0.3 is 0 Å². The Kier molecular flexibility index (Phi) is 5.25. The number of nitrogens with two attached hydrogens (primary N) is 1. The summed E-state index contributed by atoms with van der Waals surface area (Å²) < 4.78 is 0. The molecule has 4 rings (SSSR count). The van der Waals surface area contributed by atoms with Crippen molar-refractivity contribution in [1.29, 1.82) is 5.41 Å². The number of aromatic nitrogens is 3. The Labute approximate surface area is 181 Å². The van der Waals surface area contributed by atoms with Crippen LogP contribution in [0.4, 0.5) is 17.3 Å². The van der Waals surface area contributed by atoms with Crippen LogP contribution in [0.15, 0.2) is 55.3 Å². The highest BCUT2D eigenvalue weighted by Gasteiger charge is 2.26. The second-order valence-electron chi connectivity index (χ2n) is 7.58. The molecular formula is C24H25N7. The highest BCUT2D eigenvalue weighted by atomic mass is 15.2.